The molecule has 3 nitrogen and oxygen atoms in total. The van der Waals surface area contributed by atoms with Crippen molar-refractivity contribution in [3.63, 3.8) is 0 Å². The molecule has 0 atom stereocenters. The Labute approximate surface area is 131 Å². The summed E-state index contributed by atoms with van der Waals surface area (Å²) < 4.78 is 5.72. The van der Waals surface area contributed by atoms with Crippen LogP contribution in [0, 0.1) is 0 Å². The molecule has 1 aliphatic rings. The van der Waals surface area contributed by atoms with Crippen LogP contribution in [0.3, 0.4) is 0 Å². The largest absolute Gasteiger partial charge is 0.468 e. The summed E-state index contributed by atoms with van der Waals surface area (Å²) in [6.07, 6.45) is 3.06. The Morgan fingerprint density at radius 2 is 2.24 bits per heavy atom. The lowest BCUT2D eigenvalue weighted by Gasteiger charge is -2.25. The molecule has 114 valence electrons. The fourth-order valence-electron chi connectivity index (χ4n) is 2.63. The van der Waals surface area contributed by atoms with E-state index in [1.165, 1.54) is 17.5 Å². The van der Waals surface area contributed by atoms with E-state index in [1.807, 2.05) is 17.6 Å². The lowest BCUT2D eigenvalue weighted by molar-refractivity contribution is 0.227. The fraction of sp³-hybridized carbons (Fsp3) is 0.529. The zero-order chi connectivity index (χ0) is 14.9. The molecule has 2 aromatic rings. The van der Waals surface area contributed by atoms with Crippen LogP contribution in [0.1, 0.15) is 42.5 Å². The summed E-state index contributed by atoms with van der Waals surface area (Å²) in [5.41, 5.74) is 2.86. The summed E-state index contributed by atoms with van der Waals surface area (Å²) in [4.78, 5) is 4.02. The zero-order valence-corrected chi connectivity index (χ0v) is 13.9. The van der Waals surface area contributed by atoms with Gasteiger partial charge in [0.05, 0.1) is 12.8 Å². The van der Waals surface area contributed by atoms with Gasteiger partial charge in [0.15, 0.2) is 0 Å². The highest BCUT2D eigenvalue weighted by Crippen LogP contribution is 2.25. The number of rotatable bonds is 4. The summed E-state index contributed by atoms with van der Waals surface area (Å²) in [7, 11) is 0. The van der Waals surface area contributed by atoms with Crippen LogP contribution in [0.2, 0.25) is 0 Å². The second-order valence-corrected chi connectivity index (χ2v) is 7.86. The number of nitrogens with one attached hydrogen (secondary N) is 1. The minimum absolute atomic E-state index is 0.139. The smallest absolute Gasteiger partial charge is 0.118 e. The minimum atomic E-state index is 0.139. The molecule has 21 heavy (non-hydrogen) atoms. The first kappa shape index (κ1) is 14.8. The molecule has 0 saturated carbocycles. The second-order valence-electron chi connectivity index (χ2n) is 6.85. The summed E-state index contributed by atoms with van der Waals surface area (Å²) >= 11 is 1.89. The normalized spacial score (nSPS) is 16.1. The molecule has 0 unspecified atom stereocenters. The van der Waals surface area contributed by atoms with E-state index in [1.54, 1.807) is 4.88 Å². The van der Waals surface area contributed by atoms with Gasteiger partial charge in [-0.3, -0.25) is 4.90 Å². The monoisotopic (exact) mass is 304 g/mol. The summed E-state index contributed by atoms with van der Waals surface area (Å²) in [6.45, 7) is 10.5. The number of thiophene rings is 1. The van der Waals surface area contributed by atoms with Crippen LogP contribution < -0.4 is 5.32 Å². The third kappa shape index (κ3) is 3.96. The molecular formula is C17H24N2OS. The standard InChI is InChI=1S/C17H24N2OS/c1-17(2,3)18-9-13-8-15(20-12-13)11-19-6-4-16-14(10-19)5-7-21-16/h5,7-8,12,18H,4,6,9-11H2,1-3H3. The van der Waals surface area contributed by atoms with Crippen molar-refractivity contribution in [2.45, 2.75) is 52.4 Å². The molecular weight excluding hydrogens is 280 g/mol. The van der Waals surface area contributed by atoms with Crippen LogP contribution >= 0.6 is 11.3 Å². The highest BCUT2D eigenvalue weighted by atomic mass is 32.1. The molecule has 0 spiro atoms. The van der Waals surface area contributed by atoms with E-state index in [2.05, 4.69) is 48.5 Å². The molecule has 3 rings (SSSR count). The topological polar surface area (TPSA) is 28.4 Å². The van der Waals surface area contributed by atoms with Crippen LogP contribution in [-0.2, 0) is 26.1 Å². The molecule has 1 N–H and O–H groups in total. The van der Waals surface area contributed by atoms with Gasteiger partial charge in [-0.15, -0.1) is 11.3 Å². The van der Waals surface area contributed by atoms with Crippen molar-refractivity contribution in [3.8, 4) is 0 Å². The van der Waals surface area contributed by atoms with E-state index in [0.29, 0.717) is 0 Å². The molecule has 3 heterocycles. The molecule has 2 aromatic heterocycles. The molecule has 1 aliphatic heterocycles. The lowest BCUT2D eigenvalue weighted by atomic mass is 10.1. The van der Waals surface area contributed by atoms with Crippen molar-refractivity contribution in [2.75, 3.05) is 6.54 Å². The average molecular weight is 304 g/mol. The van der Waals surface area contributed by atoms with Gasteiger partial charge in [0.1, 0.15) is 5.76 Å². The Balaban J connectivity index is 1.56. The highest BCUT2D eigenvalue weighted by molar-refractivity contribution is 7.10. The molecule has 0 radical (unpaired) electrons. The van der Waals surface area contributed by atoms with E-state index in [-0.39, 0.29) is 5.54 Å². The Morgan fingerprint density at radius 3 is 3.05 bits per heavy atom. The van der Waals surface area contributed by atoms with Crippen LogP contribution in [0.5, 0.6) is 0 Å². The van der Waals surface area contributed by atoms with Gasteiger partial charge in [-0.1, -0.05) is 0 Å². The van der Waals surface area contributed by atoms with Crippen LogP contribution in [0.15, 0.2) is 28.2 Å². The van der Waals surface area contributed by atoms with Gasteiger partial charge in [-0.25, -0.2) is 0 Å². The van der Waals surface area contributed by atoms with Gasteiger partial charge in [0.25, 0.3) is 0 Å². The first-order chi connectivity index (χ1) is 9.99. The zero-order valence-electron chi connectivity index (χ0n) is 13.1. The molecule has 0 fully saturated rings. The lowest BCUT2D eigenvalue weighted by Crippen LogP contribution is -2.34. The van der Waals surface area contributed by atoms with Crippen molar-refractivity contribution in [2.24, 2.45) is 0 Å². The van der Waals surface area contributed by atoms with E-state index < -0.39 is 0 Å². The van der Waals surface area contributed by atoms with Gasteiger partial charge in [-0.2, -0.15) is 0 Å². The van der Waals surface area contributed by atoms with E-state index in [9.17, 15) is 0 Å². The Bertz CT molecular complexity index is 594. The van der Waals surface area contributed by atoms with Gasteiger partial charge in [0.2, 0.25) is 0 Å². The average Bonchev–Trinajstić information content (AvgIpc) is 3.04. The third-order valence-electron chi connectivity index (χ3n) is 3.80. The molecule has 0 amide bonds. The second kappa shape index (κ2) is 5.95. The van der Waals surface area contributed by atoms with Crippen molar-refractivity contribution < 1.29 is 4.42 Å². The van der Waals surface area contributed by atoms with E-state index in [0.717, 1.165) is 31.9 Å². The number of nitrogens with zero attached hydrogens (tertiary/aromatic N) is 1. The number of furan rings is 1. The predicted octanol–water partition coefficient (Wildman–Crippen LogP) is 3.79. The minimum Gasteiger partial charge on any atom is -0.468 e. The van der Waals surface area contributed by atoms with Crippen LogP contribution in [0.25, 0.3) is 0 Å². The van der Waals surface area contributed by atoms with Crippen molar-refractivity contribution in [1.29, 1.82) is 0 Å². The van der Waals surface area contributed by atoms with Gasteiger partial charge in [0, 0.05) is 35.6 Å². The molecule has 0 bridgehead atoms. The fourth-order valence-corrected chi connectivity index (χ4v) is 3.52. The Kier molecular flexibility index (Phi) is 4.20. The van der Waals surface area contributed by atoms with Crippen molar-refractivity contribution >= 4 is 11.3 Å². The maximum Gasteiger partial charge on any atom is 0.118 e. The number of fused-ring (bicyclic) bond motifs is 1. The summed E-state index contributed by atoms with van der Waals surface area (Å²) in [5, 5.41) is 5.70. The van der Waals surface area contributed by atoms with Crippen molar-refractivity contribution in [1.82, 2.24) is 10.2 Å². The molecule has 0 aromatic carbocycles. The predicted molar refractivity (Wildman–Crippen MR) is 87.4 cm³/mol. The van der Waals surface area contributed by atoms with Gasteiger partial charge in [-0.05, 0) is 50.3 Å². The maximum absolute atomic E-state index is 5.72. The van der Waals surface area contributed by atoms with E-state index in [4.69, 9.17) is 4.42 Å². The highest BCUT2D eigenvalue weighted by Gasteiger charge is 2.18. The SMILES string of the molecule is CC(C)(C)NCc1coc(CN2CCc3sccc3C2)c1. The van der Waals surface area contributed by atoms with Gasteiger partial charge < -0.3 is 9.73 Å². The molecule has 0 aliphatic carbocycles. The Morgan fingerprint density at radius 1 is 1.38 bits per heavy atom. The molecule has 4 heteroatoms. The van der Waals surface area contributed by atoms with Crippen LogP contribution in [-0.4, -0.2) is 17.0 Å². The number of hydrogen-bond acceptors (Lipinski definition) is 4. The quantitative estimate of drug-likeness (QED) is 0.931. The maximum atomic E-state index is 5.72. The van der Waals surface area contributed by atoms with Crippen molar-refractivity contribution in [3.05, 3.63) is 45.5 Å². The van der Waals surface area contributed by atoms with Crippen LogP contribution in [0.4, 0.5) is 0 Å². The summed E-state index contributed by atoms with van der Waals surface area (Å²) in [6, 6.07) is 4.44. The first-order valence-electron chi connectivity index (χ1n) is 7.58. The summed E-state index contributed by atoms with van der Waals surface area (Å²) in [5.74, 6) is 1.07. The first-order valence-corrected chi connectivity index (χ1v) is 8.46. The Hall–Kier alpha value is -1.10. The number of hydrogen-bond donors (Lipinski definition) is 1. The molecule has 0 saturated heterocycles. The third-order valence-corrected chi connectivity index (χ3v) is 4.82. The van der Waals surface area contributed by atoms with E-state index >= 15 is 0 Å². The van der Waals surface area contributed by atoms with Gasteiger partial charge >= 0.3 is 0 Å².